The van der Waals surface area contributed by atoms with Gasteiger partial charge in [-0.15, -0.1) is 0 Å². The number of piperidine rings is 1. The molecule has 1 aromatic carbocycles. The normalized spacial score (nSPS) is 16.5. The van der Waals surface area contributed by atoms with Gasteiger partial charge in [-0.2, -0.15) is 0 Å². The maximum Gasteiger partial charge on any atom is 0.410 e. The first-order chi connectivity index (χ1) is 18.1. The fraction of sp³-hybridized carbons (Fsp3) is 0.500. The number of benzene rings is 1. The Kier molecular flexibility index (Phi) is 10.6. The number of ether oxygens (including phenoxy) is 2. The van der Waals surface area contributed by atoms with Gasteiger partial charge in [-0.05, 0) is 69.9 Å². The van der Waals surface area contributed by atoms with Crippen LogP contribution in [0.15, 0.2) is 67.4 Å². The maximum absolute atomic E-state index is 12.8. The molecule has 1 saturated heterocycles. The number of hydrogen-bond acceptors (Lipinski definition) is 5. The van der Waals surface area contributed by atoms with Gasteiger partial charge in [0.25, 0.3) is 0 Å². The Hall–Kier alpha value is -3.06. The van der Waals surface area contributed by atoms with E-state index in [9.17, 15) is 9.59 Å². The van der Waals surface area contributed by atoms with Crippen LogP contribution < -0.4 is 0 Å². The first-order valence-corrected chi connectivity index (χ1v) is 13.6. The smallest absolute Gasteiger partial charge is 0.410 e. The summed E-state index contributed by atoms with van der Waals surface area (Å²) >= 11 is 5.97. The van der Waals surface area contributed by atoms with Gasteiger partial charge in [-0.25, -0.2) is 14.6 Å². The van der Waals surface area contributed by atoms with E-state index in [0.717, 1.165) is 37.7 Å². The highest BCUT2D eigenvalue weighted by Crippen LogP contribution is 2.40. The van der Waals surface area contributed by atoms with Crippen molar-refractivity contribution in [3.8, 4) is 0 Å². The molecule has 2 heterocycles. The molecular weight excluding hydrogens is 502 g/mol. The third kappa shape index (κ3) is 9.67. The van der Waals surface area contributed by atoms with E-state index in [1.54, 1.807) is 23.2 Å². The first kappa shape index (κ1) is 29.5. The van der Waals surface area contributed by atoms with Gasteiger partial charge in [0.1, 0.15) is 17.4 Å². The molecule has 2 fully saturated rings. The summed E-state index contributed by atoms with van der Waals surface area (Å²) in [6.45, 7) is 11.2. The Bertz CT molecular complexity index is 1000. The number of likely N-dealkylation sites (tertiary alicyclic amines) is 1. The highest BCUT2D eigenvalue weighted by atomic mass is 35.5. The number of amides is 2. The van der Waals surface area contributed by atoms with E-state index in [-0.39, 0.29) is 30.3 Å². The standard InChI is InChI=1S/C24H34ClN3O4.C6H6/c1-5-14-31-22(30)28(19-7-8-19)17-24(15-18-6-9-20(25)26-16-18)10-12-27(13-11-24)21(29)32-23(2,3)4;1-2-4-6-5-3-1/h5-6,9,16,19H,1,7-8,10-15,17H2,2-4H3;1-6H. The van der Waals surface area contributed by atoms with Crippen molar-refractivity contribution in [1.29, 1.82) is 0 Å². The van der Waals surface area contributed by atoms with Crippen LogP contribution in [0.3, 0.4) is 0 Å². The average Bonchev–Trinajstić information content (AvgIpc) is 3.74. The van der Waals surface area contributed by atoms with Gasteiger partial charge in [0.05, 0.1) is 0 Å². The summed E-state index contributed by atoms with van der Waals surface area (Å²) in [6.07, 6.45) is 7.03. The number of pyridine rings is 1. The molecule has 206 valence electrons. The molecule has 0 atom stereocenters. The number of aromatic nitrogens is 1. The molecule has 0 bridgehead atoms. The fourth-order valence-corrected chi connectivity index (χ4v) is 4.63. The predicted octanol–water partition coefficient (Wildman–Crippen LogP) is 6.77. The van der Waals surface area contributed by atoms with Crippen LogP contribution in [0.4, 0.5) is 9.59 Å². The minimum Gasteiger partial charge on any atom is -0.445 e. The summed E-state index contributed by atoms with van der Waals surface area (Å²) in [7, 11) is 0. The summed E-state index contributed by atoms with van der Waals surface area (Å²) in [5.74, 6) is 0. The molecule has 2 aromatic rings. The van der Waals surface area contributed by atoms with E-state index >= 15 is 0 Å². The summed E-state index contributed by atoms with van der Waals surface area (Å²) in [5.41, 5.74) is 0.345. The predicted molar refractivity (Wildman–Crippen MR) is 150 cm³/mol. The highest BCUT2D eigenvalue weighted by molar-refractivity contribution is 6.29. The Balaban J connectivity index is 0.000000585. The Morgan fingerprint density at radius 3 is 2.21 bits per heavy atom. The molecular formula is C30H40ClN3O4. The quantitative estimate of drug-likeness (QED) is 0.286. The van der Waals surface area contributed by atoms with Gasteiger partial charge in [-0.3, -0.25) is 0 Å². The van der Waals surface area contributed by atoms with Crippen LogP contribution in [0.25, 0.3) is 0 Å². The van der Waals surface area contributed by atoms with E-state index in [4.69, 9.17) is 21.1 Å². The van der Waals surface area contributed by atoms with E-state index in [2.05, 4.69) is 11.6 Å². The van der Waals surface area contributed by atoms with Crippen molar-refractivity contribution in [2.24, 2.45) is 5.41 Å². The third-order valence-corrected chi connectivity index (χ3v) is 6.79. The maximum atomic E-state index is 12.8. The molecule has 2 aliphatic rings. The largest absolute Gasteiger partial charge is 0.445 e. The van der Waals surface area contributed by atoms with Gasteiger partial charge >= 0.3 is 12.2 Å². The number of halogens is 1. The molecule has 1 saturated carbocycles. The molecule has 0 N–H and O–H groups in total. The lowest BCUT2D eigenvalue weighted by Gasteiger charge is -2.44. The van der Waals surface area contributed by atoms with Crippen LogP contribution in [0.5, 0.6) is 0 Å². The molecule has 0 radical (unpaired) electrons. The zero-order valence-electron chi connectivity index (χ0n) is 22.8. The highest BCUT2D eigenvalue weighted by Gasteiger charge is 2.43. The SMILES string of the molecule is C=CCOC(=O)N(CC1(Cc2ccc(Cl)nc2)CCN(C(=O)OC(C)(C)C)CC1)C1CC1.c1ccccc1. The van der Waals surface area contributed by atoms with E-state index in [1.165, 1.54) is 0 Å². The van der Waals surface area contributed by atoms with Crippen molar-refractivity contribution in [2.45, 2.75) is 64.5 Å². The molecule has 8 heteroatoms. The molecule has 0 unspecified atom stereocenters. The molecule has 38 heavy (non-hydrogen) atoms. The van der Waals surface area contributed by atoms with E-state index in [0.29, 0.717) is 24.8 Å². The minimum absolute atomic E-state index is 0.191. The molecule has 4 rings (SSSR count). The topological polar surface area (TPSA) is 72.0 Å². The van der Waals surface area contributed by atoms with Crippen LogP contribution >= 0.6 is 11.6 Å². The summed E-state index contributed by atoms with van der Waals surface area (Å²) in [6, 6.07) is 16.0. The average molecular weight is 542 g/mol. The second kappa shape index (κ2) is 13.7. The van der Waals surface area contributed by atoms with Gasteiger partial charge in [0.15, 0.2) is 0 Å². The monoisotopic (exact) mass is 541 g/mol. The Morgan fingerprint density at radius 1 is 1.13 bits per heavy atom. The van der Waals surface area contributed by atoms with Crippen LogP contribution in [-0.4, -0.2) is 64.9 Å². The van der Waals surface area contributed by atoms with E-state index < -0.39 is 5.60 Å². The Morgan fingerprint density at radius 2 is 1.74 bits per heavy atom. The van der Waals surface area contributed by atoms with Crippen LogP contribution in [0, 0.1) is 5.41 Å². The lowest BCUT2D eigenvalue weighted by molar-refractivity contribution is 0.00320. The second-order valence-electron chi connectivity index (χ2n) is 11.0. The van der Waals surface area contributed by atoms with Crippen molar-refractivity contribution < 1.29 is 19.1 Å². The van der Waals surface area contributed by atoms with Crippen LogP contribution in [-0.2, 0) is 15.9 Å². The number of carbonyl (C=O) groups excluding carboxylic acids is 2. The molecule has 1 aromatic heterocycles. The minimum atomic E-state index is -0.529. The van der Waals surface area contributed by atoms with Crippen molar-refractivity contribution in [2.75, 3.05) is 26.2 Å². The first-order valence-electron chi connectivity index (χ1n) is 13.2. The van der Waals surface area contributed by atoms with Gasteiger partial charge in [0, 0.05) is 31.9 Å². The number of nitrogens with zero attached hydrogens (tertiary/aromatic N) is 3. The zero-order valence-corrected chi connectivity index (χ0v) is 23.5. The third-order valence-electron chi connectivity index (χ3n) is 6.56. The molecule has 0 spiro atoms. The fourth-order valence-electron chi connectivity index (χ4n) is 4.51. The van der Waals surface area contributed by atoms with E-state index in [1.807, 2.05) is 68.1 Å². The number of rotatable bonds is 7. The van der Waals surface area contributed by atoms with Crippen molar-refractivity contribution >= 4 is 23.8 Å². The lowest BCUT2D eigenvalue weighted by atomic mass is 9.73. The number of hydrogen-bond donors (Lipinski definition) is 0. The Labute approximate surface area is 231 Å². The van der Waals surface area contributed by atoms with Gasteiger partial charge in [-0.1, -0.05) is 66.7 Å². The summed E-state index contributed by atoms with van der Waals surface area (Å²) in [4.78, 5) is 33.2. The molecule has 7 nitrogen and oxygen atoms in total. The van der Waals surface area contributed by atoms with Gasteiger partial charge < -0.3 is 19.3 Å². The summed E-state index contributed by atoms with van der Waals surface area (Å²) in [5, 5.41) is 0.454. The van der Waals surface area contributed by atoms with Gasteiger partial charge in [0.2, 0.25) is 0 Å². The lowest BCUT2D eigenvalue weighted by Crippen LogP contribution is -2.51. The number of carbonyl (C=O) groups is 2. The summed E-state index contributed by atoms with van der Waals surface area (Å²) < 4.78 is 10.9. The molecule has 1 aliphatic heterocycles. The second-order valence-corrected chi connectivity index (χ2v) is 11.4. The van der Waals surface area contributed by atoms with Crippen LogP contribution in [0.2, 0.25) is 5.15 Å². The molecule has 1 aliphatic carbocycles. The van der Waals surface area contributed by atoms with Crippen molar-refractivity contribution in [3.63, 3.8) is 0 Å². The zero-order chi connectivity index (χ0) is 27.6. The molecule has 2 amide bonds. The van der Waals surface area contributed by atoms with Crippen molar-refractivity contribution in [3.05, 3.63) is 78.1 Å². The van der Waals surface area contributed by atoms with Crippen molar-refractivity contribution in [1.82, 2.24) is 14.8 Å². The van der Waals surface area contributed by atoms with Crippen LogP contribution in [0.1, 0.15) is 52.0 Å².